The number of carbonyl (C=O) groups is 1. The van der Waals surface area contributed by atoms with Crippen molar-refractivity contribution in [1.82, 2.24) is 15.9 Å². The number of nitrogens with zero attached hydrogens (tertiary/aromatic N) is 1. The lowest BCUT2D eigenvalue weighted by Gasteiger charge is -2.29. The third-order valence-electron chi connectivity index (χ3n) is 1.36. The molecule has 1 unspecified atom stereocenters. The van der Waals surface area contributed by atoms with Crippen LogP contribution in [0.1, 0.15) is 6.92 Å². The van der Waals surface area contributed by atoms with Crippen LogP contribution in [-0.2, 0) is 4.79 Å². The van der Waals surface area contributed by atoms with Crippen LogP contribution in [0.5, 0.6) is 0 Å². The minimum absolute atomic E-state index is 0.302. The summed E-state index contributed by atoms with van der Waals surface area (Å²) in [5, 5.41) is 12.5. The van der Waals surface area contributed by atoms with Gasteiger partial charge in [0.2, 0.25) is 6.35 Å². The maximum atomic E-state index is 10.8. The zero-order valence-electron chi connectivity index (χ0n) is 6.03. The Balaban J connectivity index is 2.77. The van der Waals surface area contributed by atoms with Gasteiger partial charge in [0.05, 0.1) is 0 Å². The molecule has 0 bridgehead atoms. The van der Waals surface area contributed by atoms with Crippen LogP contribution in [0.3, 0.4) is 0 Å². The molecule has 0 fully saturated rings. The average molecular weight is 158 g/mol. The van der Waals surface area contributed by atoms with Crippen molar-refractivity contribution in [2.24, 2.45) is 5.84 Å². The van der Waals surface area contributed by atoms with Gasteiger partial charge in [-0.1, -0.05) is 0 Å². The van der Waals surface area contributed by atoms with E-state index in [1.54, 1.807) is 6.92 Å². The third kappa shape index (κ3) is 1.48. The summed E-state index contributed by atoms with van der Waals surface area (Å²) < 4.78 is 0. The Bertz CT molecular complexity index is 203. The van der Waals surface area contributed by atoms with Crippen LogP contribution in [0.4, 0.5) is 0 Å². The van der Waals surface area contributed by atoms with Gasteiger partial charge in [-0.3, -0.25) is 15.6 Å². The Morgan fingerprint density at radius 1 is 1.91 bits per heavy atom. The summed E-state index contributed by atoms with van der Waals surface area (Å²) in [6, 6.07) is 0. The number of nitrogens with two attached hydrogens (primary N) is 1. The molecule has 1 aliphatic heterocycles. The van der Waals surface area contributed by atoms with Crippen LogP contribution < -0.4 is 16.7 Å². The molecular formula is C5H10N4O2. The second-order valence-corrected chi connectivity index (χ2v) is 2.20. The first-order chi connectivity index (χ1) is 5.15. The van der Waals surface area contributed by atoms with Crippen molar-refractivity contribution in [1.29, 1.82) is 0 Å². The molecule has 1 heterocycles. The molecule has 1 rings (SSSR count). The molecule has 6 nitrogen and oxygen atoms in total. The molecule has 5 N–H and O–H groups in total. The molecule has 1 amide bonds. The van der Waals surface area contributed by atoms with Crippen molar-refractivity contribution < 1.29 is 9.90 Å². The minimum atomic E-state index is -1.10. The van der Waals surface area contributed by atoms with Crippen molar-refractivity contribution in [3.05, 3.63) is 11.8 Å². The second kappa shape index (κ2) is 2.87. The maximum Gasteiger partial charge on any atom is 0.251 e. The van der Waals surface area contributed by atoms with E-state index in [1.807, 2.05) is 0 Å². The highest BCUT2D eigenvalue weighted by Crippen LogP contribution is 2.03. The van der Waals surface area contributed by atoms with Gasteiger partial charge in [0.1, 0.15) is 0 Å². The predicted octanol–water partition coefficient (Wildman–Crippen LogP) is -2.02. The molecule has 0 aromatic carbocycles. The van der Waals surface area contributed by atoms with E-state index in [-0.39, 0.29) is 5.91 Å². The lowest BCUT2D eigenvalue weighted by atomic mass is 10.3. The molecule has 1 atom stereocenters. The summed E-state index contributed by atoms with van der Waals surface area (Å²) in [6.45, 7) is 1.62. The highest BCUT2D eigenvalue weighted by molar-refractivity contribution is 5.93. The fraction of sp³-hybridized carbons (Fsp3) is 0.400. The van der Waals surface area contributed by atoms with Crippen molar-refractivity contribution in [3.63, 3.8) is 0 Å². The highest BCUT2D eigenvalue weighted by Gasteiger charge is 2.20. The molecule has 0 spiro atoms. The number of aliphatic hydroxyl groups excluding tert-OH is 1. The standard InChI is InChI=1S/C5H10N4O2/c1-3-2-9(8-6)5(11)7-4(3)10/h2,5,8,11H,6H2,1H3,(H,7,10). The molecule has 0 aliphatic carbocycles. The van der Waals surface area contributed by atoms with Gasteiger partial charge < -0.3 is 10.4 Å². The normalized spacial score (nSPS) is 24.6. The van der Waals surface area contributed by atoms with Gasteiger partial charge in [-0.2, -0.15) is 5.53 Å². The maximum absolute atomic E-state index is 10.8. The summed E-state index contributed by atoms with van der Waals surface area (Å²) in [5.74, 6) is 4.72. The molecule has 1 aliphatic rings. The van der Waals surface area contributed by atoms with Crippen molar-refractivity contribution in [2.45, 2.75) is 13.3 Å². The quantitative estimate of drug-likeness (QED) is 0.261. The second-order valence-electron chi connectivity index (χ2n) is 2.20. The Morgan fingerprint density at radius 3 is 3.09 bits per heavy atom. The van der Waals surface area contributed by atoms with Gasteiger partial charge in [0.25, 0.3) is 5.91 Å². The molecule has 0 aromatic heterocycles. The summed E-state index contributed by atoms with van der Waals surface area (Å²) in [6.07, 6.45) is 0.319. The third-order valence-corrected chi connectivity index (χ3v) is 1.36. The van der Waals surface area contributed by atoms with E-state index in [1.165, 1.54) is 11.2 Å². The number of rotatable bonds is 1. The van der Waals surface area contributed by atoms with E-state index in [0.29, 0.717) is 5.57 Å². The van der Waals surface area contributed by atoms with E-state index >= 15 is 0 Å². The number of carbonyl (C=O) groups excluding carboxylic acids is 1. The number of hydrazine groups is 2. The van der Waals surface area contributed by atoms with Crippen LogP contribution in [0, 0.1) is 0 Å². The fourth-order valence-corrected chi connectivity index (χ4v) is 0.746. The van der Waals surface area contributed by atoms with Crippen molar-refractivity contribution in [2.75, 3.05) is 0 Å². The first-order valence-corrected chi connectivity index (χ1v) is 3.07. The number of amides is 1. The molecular weight excluding hydrogens is 148 g/mol. The lowest BCUT2D eigenvalue weighted by molar-refractivity contribution is -0.128. The van der Waals surface area contributed by atoms with Crippen molar-refractivity contribution >= 4 is 5.91 Å². The molecule has 11 heavy (non-hydrogen) atoms. The SMILES string of the molecule is CC1=CN(NN)C(O)NC1=O. The number of aliphatic hydroxyl groups is 1. The summed E-state index contributed by atoms with van der Waals surface area (Å²) >= 11 is 0. The Labute approximate surface area is 63.6 Å². The van der Waals surface area contributed by atoms with E-state index in [0.717, 1.165) is 0 Å². The lowest BCUT2D eigenvalue weighted by Crippen LogP contribution is -2.56. The monoisotopic (exact) mass is 158 g/mol. The van der Waals surface area contributed by atoms with Gasteiger partial charge >= 0.3 is 0 Å². The molecule has 62 valence electrons. The van der Waals surface area contributed by atoms with Crippen LogP contribution >= 0.6 is 0 Å². The Hall–Kier alpha value is -1.11. The zero-order chi connectivity index (χ0) is 8.43. The van der Waals surface area contributed by atoms with Gasteiger partial charge in [-0.25, -0.2) is 0 Å². The number of nitrogens with one attached hydrogen (secondary N) is 2. The largest absolute Gasteiger partial charge is 0.355 e. The van der Waals surface area contributed by atoms with E-state index in [4.69, 9.17) is 10.9 Å². The fourth-order valence-electron chi connectivity index (χ4n) is 0.746. The Morgan fingerprint density at radius 2 is 2.55 bits per heavy atom. The molecule has 0 saturated heterocycles. The number of hydrogen-bond donors (Lipinski definition) is 4. The van der Waals surface area contributed by atoms with Gasteiger partial charge in [0.15, 0.2) is 0 Å². The van der Waals surface area contributed by atoms with Gasteiger partial charge in [0, 0.05) is 11.8 Å². The molecule has 0 radical (unpaired) electrons. The van der Waals surface area contributed by atoms with Gasteiger partial charge in [-0.15, -0.1) is 0 Å². The van der Waals surface area contributed by atoms with Crippen LogP contribution in [-0.4, -0.2) is 22.4 Å². The molecule has 0 saturated carbocycles. The first-order valence-electron chi connectivity index (χ1n) is 3.07. The zero-order valence-corrected chi connectivity index (χ0v) is 6.03. The van der Waals surface area contributed by atoms with Gasteiger partial charge in [-0.05, 0) is 6.92 Å². The van der Waals surface area contributed by atoms with E-state index in [9.17, 15) is 4.79 Å². The average Bonchev–Trinajstić information content (AvgIpc) is 1.97. The van der Waals surface area contributed by atoms with Crippen LogP contribution in [0.2, 0.25) is 0 Å². The predicted molar refractivity (Wildman–Crippen MR) is 37.1 cm³/mol. The minimum Gasteiger partial charge on any atom is -0.355 e. The smallest absolute Gasteiger partial charge is 0.251 e. The molecule has 0 aromatic rings. The van der Waals surface area contributed by atoms with Crippen LogP contribution in [0.25, 0.3) is 0 Å². The van der Waals surface area contributed by atoms with Crippen LogP contribution in [0.15, 0.2) is 11.8 Å². The highest BCUT2D eigenvalue weighted by atomic mass is 16.3. The van der Waals surface area contributed by atoms with E-state index in [2.05, 4.69) is 10.9 Å². The number of hydrogen-bond acceptors (Lipinski definition) is 5. The summed E-state index contributed by atoms with van der Waals surface area (Å²) in [4.78, 5) is 10.8. The van der Waals surface area contributed by atoms with E-state index < -0.39 is 6.35 Å². The van der Waals surface area contributed by atoms with Crippen molar-refractivity contribution in [3.8, 4) is 0 Å². The first kappa shape index (κ1) is 7.99. The molecule has 6 heteroatoms. The summed E-state index contributed by atoms with van der Waals surface area (Å²) in [7, 11) is 0. The Kier molecular flexibility index (Phi) is 2.08. The summed E-state index contributed by atoms with van der Waals surface area (Å²) in [5.41, 5.74) is 2.68. The topological polar surface area (TPSA) is 90.6 Å².